The average Bonchev–Trinajstić information content (AvgIpc) is 1.62. The van der Waals surface area contributed by atoms with Crippen molar-refractivity contribution >= 4 is 38.6 Å². The number of hydrogen-bond donors (Lipinski definition) is 3. The van der Waals surface area contributed by atoms with Crippen LogP contribution in [-0.2, 0) is 4.57 Å². The van der Waals surface area contributed by atoms with Crippen molar-refractivity contribution in [3.63, 3.8) is 0 Å². The lowest BCUT2D eigenvalue weighted by Gasteiger charge is -1.89. The minimum atomic E-state index is -4.64. The second kappa shape index (κ2) is 10.8. The molecule has 0 saturated heterocycles. The van der Waals surface area contributed by atoms with E-state index in [1.807, 2.05) is 0 Å². The first-order chi connectivity index (χ1) is 8.00. The predicted molar refractivity (Wildman–Crippen MR) is 62.2 cm³/mol. The zero-order valence-corrected chi connectivity index (χ0v) is 17.0. The Morgan fingerprint density at radius 3 is 0.600 bits per heavy atom. The van der Waals surface area contributed by atoms with E-state index >= 15 is 0 Å². The molecule has 0 heterocycles. The quantitative estimate of drug-likeness (QED) is 0.269. The molecule has 0 bridgehead atoms. The maximum atomic E-state index is 10.4. The molecule has 0 fully saturated rings. The van der Waals surface area contributed by atoms with Crippen LogP contribution in [0.3, 0.4) is 0 Å². The van der Waals surface area contributed by atoms with Crippen molar-refractivity contribution in [3.05, 3.63) is 0 Å². The summed E-state index contributed by atoms with van der Waals surface area (Å²) in [5, 5.41) is 0. The summed E-state index contributed by atoms with van der Waals surface area (Å²) in [6, 6.07) is 0. The van der Waals surface area contributed by atoms with Crippen LogP contribution in [0.2, 0.25) is 0 Å². The lowest BCUT2D eigenvalue weighted by Crippen LogP contribution is -2.03. The van der Waals surface area contributed by atoms with Crippen LogP contribution < -0.4 is 0 Å². The molecule has 0 saturated carbocycles. The van der Waals surface area contributed by atoms with E-state index in [1.54, 1.807) is 0 Å². The number of hydrogen-bond acceptors (Lipinski definition) is 1. The molecule has 128 valence electrons. The van der Waals surface area contributed by atoms with Crippen molar-refractivity contribution in [2.24, 2.45) is 0 Å². The molecule has 0 spiro atoms. The molecule has 0 atom stereocenters. The standard InChI is InChI=1S/3CH3F3Si.H3O4P/c3*2-1(3,4)5;1-5(2,3)4/h3*5H3;(H3,1,2,3,4). The molecule has 0 rings (SSSR count). The van der Waals surface area contributed by atoms with Crippen molar-refractivity contribution in [2.75, 3.05) is 0 Å². The van der Waals surface area contributed by atoms with Gasteiger partial charge in [0.05, 0.1) is 0 Å². The predicted octanol–water partition coefficient (Wildman–Crippen LogP) is -1.31. The minimum absolute atomic E-state index is 0.692. The molecule has 0 unspecified atom stereocenters. The summed E-state index contributed by atoms with van der Waals surface area (Å²) in [7, 11) is -6.72. The second-order valence-electron chi connectivity index (χ2n) is 2.86. The molecule has 0 amide bonds. The van der Waals surface area contributed by atoms with Gasteiger partial charge >= 0.3 is 25.2 Å². The Labute approximate surface area is 115 Å². The monoisotopic (exact) mass is 398 g/mol. The first kappa shape index (κ1) is 28.3. The fraction of sp³-hybridized carbons (Fsp3) is 1.00. The average molecular weight is 398 g/mol. The summed E-state index contributed by atoms with van der Waals surface area (Å²) < 4.78 is 103. The van der Waals surface area contributed by atoms with Gasteiger partial charge in [0.25, 0.3) is 0 Å². The second-order valence-corrected chi connectivity index (χ2v) is 7.29. The van der Waals surface area contributed by atoms with Gasteiger partial charge in [0, 0.05) is 0 Å². The third-order valence-corrected chi connectivity index (χ3v) is 0. The molecular formula is C3H12F9O4PSi3. The van der Waals surface area contributed by atoms with Crippen LogP contribution in [0.1, 0.15) is 0 Å². The molecule has 0 aliphatic heterocycles. The molecule has 0 radical (unpaired) electrons. The van der Waals surface area contributed by atoms with Crippen LogP contribution in [0.15, 0.2) is 0 Å². The highest BCUT2D eigenvalue weighted by Gasteiger charge is 2.15. The third-order valence-electron chi connectivity index (χ3n) is 0. The molecule has 17 heteroatoms. The van der Waals surface area contributed by atoms with Gasteiger partial charge in [-0.1, -0.05) is 0 Å². The van der Waals surface area contributed by atoms with Gasteiger partial charge in [-0.25, -0.2) is 4.57 Å². The highest BCUT2D eigenvalue weighted by molar-refractivity contribution is 7.45. The molecule has 0 aromatic heterocycles. The van der Waals surface area contributed by atoms with Crippen LogP contribution >= 0.6 is 7.82 Å². The minimum Gasteiger partial charge on any atom is -0.303 e. The highest BCUT2D eigenvalue weighted by atomic mass is 31.2. The van der Waals surface area contributed by atoms with Gasteiger partial charge < -0.3 is 14.7 Å². The molecule has 3 N–H and O–H groups in total. The highest BCUT2D eigenvalue weighted by Crippen LogP contribution is 2.25. The normalized spacial score (nSPS) is 12.4. The molecule has 0 aliphatic carbocycles. The summed E-state index contributed by atoms with van der Waals surface area (Å²) >= 11 is 0. The van der Waals surface area contributed by atoms with E-state index in [1.165, 1.54) is 0 Å². The van der Waals surface area contributed by atoms with E-state index in [2.05, 4.69) is 0 Å². The van der Waals surface area contributed by atoms with Gasteiger partial charge in [-0.2, -0.15) is 39.5 Å². The van der Waals surface area contributed by atoms with Crippen LogP contribution in [0.25, 0.3) is 0 Å². The smallest absolute Gasteiger partial charge is 0.303 e. The summed E-state index contributed by atoms with van der Waals surface area (Å²) in [6.07, 6.45) is 0. The largest absolute Gasteiger partial charge is 0.466 e. The van der Waals surface area contributed by atoms with Gasteiger partial charge in [-0.15, -0.1) is 0 Å². The number of alkyl halides is 9. The van der Waals surface area contributed by atoms with Gasteiger partial charge in [-0.05, 0) is 0 Å². The first-order valence-electron chi connectivity index (χ1n) is 3.98. The number of phosphoric acid groups is 1. The zero-order valence-electron chi connectivity index (χ0n) is 10.1. The summed E-state index contributed by atoms with van der Waals surface area (Å²) in [5.41, 5.74) is 0. The van der Waals surface area contributed by atoms with E-state index in [0.717, 1.165) is 0 Å². The van der Waals surface area contributed by atoms with E-state index < -0.39 is 55.9 Å². The van der Waals surface area contributed by atoms with Gasteiger partial charge in [0.1, 0.15) is 30.7 Å². The van der Waals surface area contributed by atoms with E-state index in [-0.39, 0.29) is 0 Å². The van der Waals surface area contributed by atoms with Gasteiger partial charge in [-0.3, -0.25) is 0 Å². The fourth-order valence-corrected chi connectivity index (χ4v) is 0. The van der Waals surface area contributed by atoms with Crippen LogP contribution in [0.4, 0.5) is 39.5 Å². The Bertz CT molecular complexity index is 214. The van der Waals surface area contributed by atoms with Crippen molar-refractivity contribution in [1.82, 2.24) is 0 Å². The summed E-state index contributed by atoms with van der Waals surface area (Å²) in [5.74, 6) is -11.6. The molecule has 0 aromatic carbocycles. The fourth-order valence-electron chi connectivity index (χ4n) is 0. The summed E-state index contributed by atoms with van der Waals surface area (Å²) in [4.78, 5) is 21.6. The van der Waals surface area contributed by atoms with Crippen LogP contribution in [0, 0.1) is 0 Å². The van der Waals surface area contributed by atoms with Crippen molar-refractivity contribution in [2.45, 2.75) is 17.4 Å². The topological polar surface area (TPSA) is 77.8 Å². The summed E-state index contributed by atoms with van der Waals surface area (Å²) in [6.45, 7) is 0. The Balaban J connectivity index is -0.0000000853. The Hall–Kier alpha value is 0.131. The van der Waals surface area contributed by atoms with Crippen LogP contribution in [0.5, 0.6) is 0 Å². The molecular weight excluding hydrogens is 386 g/mol. The van der Waals surface area contributed by atoms with Crippen molar-refractivity contribution in [3.8, 4) is 0 Å². The molecule has 0 aliphatic rings. The Morgan fingerprint density at radius 1 is 0.600 bits per heavy atom. The Kier molecular flexibility index (Phi) is 15.3. The van der Waals surface area contributed by atoms with Gasteiger partial charge in [0.2, 0.25) is 0 Å². The van der Waals surface area contributed by atoms with E-state index in [0.29, 0.717) is 0 Å². The van der Waals surface area contributed by atoms with E-state index in [9.17, 15) is 39.5 Å². The molecule has 20 heavy (non-hydrogen) atoms. The lowest BCUT2D eigenvalue weighted by atomic mass is 11.5. The molecule has 0 aromatic rings. The van der Waals surface area contributed by atoms with Crippen LogP contribution in [-0.4, -0.2) is 62.8 Å². The zero-order chi connectivity index (χ0) is 18.0. The van der Waals surface area contributed by atoms with E-state index in [4.69, 9.17) is 19.2 Å². The number of halogens is 9. The Morgan fingerprint density at radius 2 is 0.600 bits per heavy atom. The molecule has 4 nitrogen and oxygen atoms in total. The maximum Gasteiger partial charge on any atom is 0.466 e. The maximum absolute atomic E-state index is 10.4. The van der Waals surface area contributed by atoms with Crippen molar-refractivity contribution in [1.29, 1.82) is 0 Å². The lowest BCUT2D eigenvalue weighted by molar-refractivity contribution is -0.0438. The third kappa shape index (κ3) is 312000. The first-order valence-corrected chi connectivity index (χ1v) is 8.55. The van der Waals surface area contributed by atoms with Crippen molar-refractivity contribution < 1.29 is 58.8 Å². The van der Waals surface area contributed by atoms with Gasteiger partial charge in [0.15, 0.2) is 0 Å². The number of rotatable bonds is 0. The SMILES string of the molecule is FC(F)(F)[SiH3].FC(F)(F)[SiH3].FC(F)(F)[SiH3].O=P(O)(O)O.